The highest BCUT2D eigenvalue weighted by atomic mass is 16.7. The number of carbonyl (C=O) groups is 2. The average Bonchev–Trinajstić information content (AvgIpc) is 3.78. The topological polar surface area (TPSA) is 147 Å². The number of rotatable bonds is 4. The van der Waals surface area contributed by atoms with Gasteiger partial charge in [0.05, 0.1) is 24.2 Å². The number of aliphatic hydroxyl groups is 2. The first-order chi connectivity index (χ1) is 25.8. The van der Waals surface area contributed by atoms with Crippen molar-refractivity contribution >= 4 is 17.6 Å². The van der Waals surface area contributed by atoms with E-state index >= 15 is 0 Å². The lowest BCUT2D eigenvalue weighted by atomic mass is 9.71. The van der Waals surface area contributed by atoms with Crippen LogP contribution in [0.25, 0.3) is 0 Å². The third kappa shape index (κ3) is 7.13. The second kappa shape index (κ2) is 15.3. The predicted molar refractivity (Wildman–Crippen MR) is 204 cm³/mol. The van der Waals surface area contributed by atoms with Crippen molar-refractivity contribution in [2.75, 3.05) is 12.3 Å². The predicted octanol–water partition coefficient (Wildman–Crippen LogP) is 6.54. The molecule has 1 aromatic carbocycles. The van der Waals surface area contributed by atoms with Crippen LogP contribution in [0.1, 0.15) is 104 Å². The molecule has 54 heavy (non-hydrogen) atoms. The molecule has 0 amide bonds. The maximum absolute atomic E-state index is 14.4. The number of esters is 2. The van der Waals surface area contributed by atoms with E-state index in [1.165, 1.54) is 0 Å². The van der Waals surface area contributed by atoms with Crippen molar-refractivity contribution in [3.63, 3.8) is 0 Å². The van der Waals surface area contributed by atoms with Crippen molar-refractivity contribution < 1.29 is 43.5 Å². The van der Waals surface area contributed by atoms with E-state index in [9.17, 15) is 19.8 Å². The average molecular weight is 746 g/mol. The molecular formula is C44H59NO9. The number of hydrogen-bond donors (Lipinski definition) is 3. The van der Waals surface area contributed by atoms with Crippen LogP contribution in [-0.4, -0.2) is 76.8 Å². The lowest BCUT2D eigenvalue weighted by Crippen LogP contribution is -2.58. The number of anilines is 1. The molecule has 7 rings (SSSR count). The number of ether oxygens (including phenoxy) is 5. The maximum atomic E-state index is 14.4. The van der Waals surface area contributed by atoms with Gasteiger partial charge in [0.1, 0.15) is 35.9 Å². The van der Waals surface area contributed by atoms with Gasteiger partial charge in [0.2, 0.25) is 0 Å². The summed E-state index contributed by atoms with van der Waals surface area (Å²) in [6.45, 7) is 10.1. The molecule has 0 radical (unpaired) electrons. The Hall–Kier alpha value is -3.28. The minimum absolute atomic E-state index is 0.0135. The second-order valence-corrected chi connectivity index (χ2v) is 17.0. The van der Waals surface area contributed by atoms with Gasteiger partial charge in [0, 0.05) is 30.9 Å². The van der Waals surface area contributed by atoms with Gasteiger partial charge < -0.3 is 39.6 Å². The number of nitrogen functional groups attached to an aromatic ring is 1. The molecule has 1 saturated carbocycles. The molecule has 1 spiro atoms. The Labute approximate surface area is 319 Å². The number of carbonyl (C=O) groups excluding carboxylic acids is 2. The standard InChI is InChI=1S/C44H59NO9/c1-6-36-26(2)18-21-43(54-36)24-34-23-33(53-43)17-12-28(4)38(52-41(48)42(19-7-8-20-42)30-13-15-32(45)16-14-30)27(3)10-9-11-31-25-50-39-37(46)29(5)22-35(40(47)51-34)44(31,39)49/h9-16,22,26-27,33-39,46,49H,6-8,17-21,23-25,45H2,1-5H3/b10-9+,28-12+,31-11+/t26-,27-,33+,34-,35-,36+,37+,38+,39+,43+,44+/m0/s1. The Bertz CT molecular complexity index is 1690. The number of fused-ring (bicyclic) bond motifs is 2. The third-order valence-electron chi connectivity index (χ3n) is 13.3. The fourth-order valence-corrected chi connectivity index (χ4v) is 9.99. The Morgan fingerprint density at radius 3 is 2.50 bits per heavy atom. The van der Waals surface area contributed by atoms with E-state index in [1.807, 2.05) is 50.3 Å². The summed E-state index contributed by atoms with van der Waals surface area (Å²) >= 11 is 0. The summed E-state index contributed by atoms with van der Waals surface area (Å²) < 4.78 is 32.5. The van der Waals surface area contributed by atoms with Crippen LogP contribution >= 0.6 is 0 Å². The van der Waals surface area contributed by atoms with Crippen LogP contribution in [-0.2, 0) is 38.7 Å². The van der Waals surface area contributed by atoms with Gasteiger partial charge in [-0.15, -0.1) is 0 Å². The van der Waals surface area contributed by atoms with Gasteiger partial charge in [-0.05, 0) is 86.3 Å². The van der Waals surface area contributed by atoms with Crippen LogP contribution in [0.2, 0.25) is 0 Å². The Kier molecular flexibility index (Phi) is 11.1. The molecule has 11 atom stereocenters. The van der Waals surface area contributed by atoms with E-state index in [2.05, 4.69) is 19.9 Å². The highest BCUT2D eigenvalue weighted by Crippen LogP contribution is 2.48. The first-order valence-electron chi connectivity index (χ1n) is 20.2. The molecule has 0 aromatic heterocycles. The Morgan fingerprint density at radius 1 is 1.04 bits per heavy atom. The van der Waals surface area contributed by atoms with E-state index in [0.29, 0.717) is 61.3 Å². The van der Waals surface area contributed by atoms with E-state index in [-0.39, 0.29) is 30.7 Å². The summed E-state index contributed by atoms with van der Waals surface area (Å²) in [7, 11) is 0. The molecule has 3 saturated heterocycles. The molecule has 4 N–H and O–H groups in total. The van der Waals surface area contributed by atoms with Crippen molar-refractivity contribution in [1.29, 1.82) is 0 Å². The van der Waals surface area contributed by atoms with Crippen LogP contribution in [0, 0.1) is 17.8 Å². The molecule has 2 bridgehead atoms. The fourth-order valence-electron chi connectivity index (χ4n) is 9.99. The number of benzene rings is 1. The van der Waals surface area contributed by atoms with Crippen LogP contribution in [0.15, 0.2) is 71.4 Å². The number of nitrogens with two attached hydrogens (primary N) is 1. The molecule has 4 aliphatic heterocycles. The molecule has 6 aliphatic rings. The summed E-state index contributed by atoms with van der Waals surface area (Å²) in [5.41, 5.74) is 6.94. The molecular weight excluding hydrogens is 686 g/mol. The quantitative estimate of drug-likeness (QED) is 0.176. The zero-order chi connectivity index (χ0) is 38.4. The molecule has 10 heteroatoms. The van der Waals surface area contributed by atoms with Crippen LogP contribution in [0.3, 0.4) is 0 Å². The van der Waals surface area contributed by atoms with Gasteiger partial charge in [-0.2, -0.15) is 0 Å². The minimum atomic E-state index is -1.82. The van der Waals surface area contributed by atoms with Crippen molar-refractivity contribution in [3.05, 3.63) is 76.9 Å². The van der Waals surface area contributed by atoms with Gasteiger partial charge >= 0.3 is 11.9 Å². The van der Waals surface area contributed by atoms with Crippen molar-refractivity contribution in [2.45, 2.75) is 152 Å². The van der Waals surface area contributed by atoms with Crippen molar-refractivity contribution in [1.82, 2.24) is 0 Å². The number of hydrogen-bond acceptors (Lipinski definition) is 10. The molecule has 4 heterocycles. The van der Waals surface area contributed by atoms with E-state index < -0.39 is 53.1 Å². The second-order valence-electron chi connectivity index (χ2n) is 17.0. The van der Waals surface area contributed by atoms with E-state index in [4.69, 9.17) is 29.4 Å². The zero-order valence-electron chi connectivity index (χ0n) is 32.5. The Balaban J connectivity index is 1.27. The SMILES string of the molecule is CC[C@H]1O[C@]2(CC[C@@H]1C)C[C@@H]1C[C@@H](C/C=C(\C)[C@H](OC(=O)C3(c4ccc(N)cc4)CCCC3)[C@@H](C)/C=C/C=C3\CO[C@@H]4[C@H](O)C(C)=C[C@@H](C(=O)O1)[C@]34O)O2. The van der Waals surface area contributed by atoms with Crippen LogP contribution in [0.5, 0.6) is 0 Å². The zero-order valence-corrected chi connectivity index (χ0v) is 32.5. The molecule has 2 aliphatic carbocycles. The van der Waals surface area contributed by atoms with Gasteiger partial charge in [-0.25, -0.2) is 0 Å². The van der Waals surface area contributed by atoms with E-state index in [0.717, 1.165) is 36.8 Å². The summed E-state index contributed by atoms with van der Waals surface area (Å²) in [6, 6.07) is 7.59. The van der Waals surface area contributed by atoms with Gasteiger partial charge in [0.25, 0.3) is 0 Å². The number of aliphatic hydroxyl groups excluding tert-OH is 1. The van der Waals surface area contributed by atoms with Crippen LogP contribution in [0.4, 0.5) is 5.69 Å². The maximum Gasteiger partial charge on any atom is 0.317 e. The first-order valence-corrected chi connectivity index (χ1v) is 20.2. The first kappa shape index (κ1) is 39.0. The molecule has 0 unspecified atom stereocenters. The highest BCUT2D eigenvalue weighted by molar-refractivity contribution is 5.84. The normalized spacial score (nSPS) is 42.1. The van der Waals surface area contributed by atoms with Gasteiger partial charge in [0.15, 0.2) is 5.79 Å². The monoisotopic (exact) mass is 745 g/mol. The van der Waals surface area contributed by atoms with Crippen molar-refractivity contribution in [2.24, 2.45) is 17.8 Å². The molecule has 294 valence electrons. The summed E-state index contributed by atoms with van der Waals surface area (Å²) in [5, 5.41) is 23.5. The summed E-state index contributed by atoms with van der Waals surface area (Å²) in [6.07, 6.45) is 12.7. The fraction of sp³-hybridized carbons (Fsp3) is 0.636. The summed E-state index contributed by atoms with van der Waals surface area (Å²) in [4.78, 5) is 28.6. The Morgan fingerprint density at radius 2 is 1.78 bits per heavy atom. The smallest absolute Gasteiger partial charge is 0.317 e. The number of allylic oxidation sites excluding steroid dienone is 2. The van der Waals surface area contributed by atoms with Gasteiger partial charge in [-0.1, -0.05) is 76.1 Å². The lowest BCUT2D eigenvalue weighted by molar-refractivity contribution is -0.335. The van der Waals surface area contributed by atoms with Crippen molar-refractivity contribution in [3.8, 4) is 0 Å². The van der Waals surface area contributed by atoms with E-state index in [1.54, 1.807) is 19.1 Å². The summed E-state index contributed by atoms with van der Waals surface area (Å²) in [5.74, 6) is -2.69. The van der Waals surface area contributed by atoms with Crippen LogP contribution < -0.4 is 5.73 Å². The molecule has 10 nitrogen and oxygen atoms in total. The molecule has 4 fully saturated rings. The van der Waals surface area contributed by atoms with Gasteiger partial charge in [-0.3, -0.25) is 9.59 Å². The molecule has 1 aromatic rings. The minimum Gasteiger partial charge on any atom is -0.462 e. The largest absolute Gasteiger partial charge is 0.462 e. The lowest BCUT2D eigenvalue weighted by Gasteiger charge is -2.50. The third-order valence-corrected chi connectivity index (χ3v) is 13.3. The highest BCUT2D eigenvalue weighted by Gasteiger charge is 2.60.